The fourth-order valence-electron chi connectivity index (χ4n) is 10.3. The van der Waals surface area contributed by atoms with Crippen LogP contribution in [0, 0.1) is 0 Å². The van der Waals surface area contributed by atoms with Crippen LogP contribution in [-0.4, -0.2) is 158 Å². The predicted octanol–water partition coefficient (Wildman–Crippen LogP) is 6.62. The number of imidazole rings is 1. The molecule has 5 heterocycles. The van der Waals surface area contributed by atoms with E-state index in [2.05, 4.69) is 141 Å². The van der Waals surface area contributed by atoms with Crippen molar-refractivity contribution < 1.29 is 47.6 Å². The van der Waals surface area contributed by atoms with Crippen molar-refractivity contribution in [1.82, 2.24) is 23.9 Å². The molecule has 3 aliphatic heterocycles. The Morgan fingerprint density at radius 2 is 1.14 bits per heavy atom. The largest absolute Gasteiger partial charge is 0.463 e. The first kappa shape index (κ1) is 50.2. The van der Waals surface area contributed by atoms with Crippen molar-refractivity contribution in [3.8, 4) is 33.9 Å². The van der Waals surface area contributed by atoms with Crippen molar-refractivity contribution in [2.45, 2.75) is 78.4 Å². The van der Waals surface area contributed by atoms with Gasteiger partial charge in [-0.05, 0) is 69.6 Å². The number of likely N-dealkylation sites (N-methyl/N-ethyl adjacent to an activating group) is 2. The number of anilines is 2. The number of piperazine rings is 2. The zero-order chi connectivity index (χ0) is 50.6. The molecule has 0 N–H and O–H groups in total. The van der Waals surface area contributed by atoms with E-state index >= 15 is 0 Å². The number of benzene rings is 4. The second-order valence-corrected chi connectivity index (χ2v) is 18.9. The summed E-state index contributed by atoms with van der Waals surface area (Å²) in [5, 5.41) is 2.24. The Morgan fingerprint density at radius 1 is 0.597 bits per heavy atom. The molecule has 0 saturated carbocycles. The molecule has 0 bridgehead atoms. The maximum atomic E-state index is 12.7. The number of nitrogens with zero attached hydrogens (tertiary/aromatic N) is 7. The lowest BCUT2D eigenvalue weighted by molar-refractivity contribution is -0.308. The molecule has 0 aliphatic carbocycles. The average molecular weight is 984 g/mol. The Labute approximate surface area is 420 Å². The molecule has 4 aromatic carbocycles. The number of esters is 4. The van der Waals surface area contributed by atoms with Crippen LogP contribution >= 0.6 is 0 Å². The molecule has 0 spiro atoms. The monoisotopic (exact) mass is 983 g/mol. The van der Waals surface area contributed by atoms with Crippen molar-refractivity contribution in [2.24, 2.45) is 0 Å². The molecule has 17 heteroatoms. The smallest absolute Gasteiger partial charge is 0.303 e. The average Bonchev–Trinajstić information content (AvgIpc) is 3.90. The van der Waals surface area contributed by atoms with Crippen LogP contribution in [-0.2, 0) is 60.7 Å². The molecule has 380 valence electrons. The lowest BCUT2D eigenvalue weighted by Crippen LogP contribution is -2.63. The molecule has 17 nitrogen and oxygen atoms in total. The number of carbonyl (C=O) groups excluding carboxylic acids is 4. The maximum Gasteiger partial charge on any atom is 0.303 e. The topological polar surface area (TPSA) is 159 Å². The summed E-state index contributed by atoms with van der Waals surface area (Å²) in [5.74, 6) is -2.06. The van der Waals surface area contributed by atoms with E-state index in [0.29, 0.717) is 5.82 Å². The SMILES string of the molecule is CCn1c2ccccc2c2cc(-c3nc(-c4ccc(N5CCN(C)CC5)cc4)c(-c4ccc(N5CCN(C)CC5)cc4)n3CCO[C@@H]3O[C@H](COC(C)=O)[C@H](OC(C)=O)[C@H](OC(C)=O)[C@H]3OC(C)=O)ccc21. The first-order valence-corrected chi connectivity index (χ1v) is 24.9. The van der Waals surface area contributed by atoms with E-state index in [1.54, 1.807) is 0 Å². The predicted molar refractivity (Wildman–Crippen MR) is 275 cm³/mol. The van der Waals surface area contributed by atoms with E-state index in [-0.39, 0.29) is 19.8 Å². The summed E-state index contributed by atoms with van der Waals surface area (Å²) in [5.41, 5.74) is 8.99. The van der Waals surface area contributed by atoms with E-state index < -0.39 is 54.6 Å². The quantitative estimate of drug-likeness (QED) is 0.0798. The summed E-state index contributed by atoms with van der Waals surface area (Å²) < 4.78 is 39.9. The number of para-hydroxylation sites is 1. The second kappa shape index (κ2) is 21.9. The molecule has 3 fully saturated rings. The van der Waals surface area contributed by atoms with Gasteiger partial charge in [0.1, 0.15) is 18.5 Å². The van der Waals surface area contributed by atoms with Gasteiger partial charge in [-0.25, -0.2) is 4.98 Å². The molecule has 9 rings (SSSR count). The Kier molecular flexibility index (Phi) is 15.3. The molecule has 0 radical (unpaired) electrons. The van der Waals surface area contributed by atoms with Crippen LogP contribution in [0.15, 0.2) is 91.0 Å². The van der Waals surface area contributed by atoms with Crippen molar-refractivity contribution in [2.75, 3.05) is 89.5 Å². The van der Waals surface area contributed by atoms with E-state index in [1.807, 2.05) is 0 Å². The van der Waals surface area contributed by atoms with Gasteiger partial charge in [0.05, 0.1) is 18.0 Å². The van der Waals surface area contributed by atoms with E-state index in [9.17, 15) is 19.2 Å². The first-order chi connectivity index (χ1) is 34.8. The van der Waals surface area contributed by atoms with Gasteiger partial charge in [-0.3, -0.25) is 19.2 Å². The fraction of sp³-hybridized carbons (Fsp3) is 0.436. The van der Waals surface area contributed by atoms with Crippen LogP contribution in [0.4, 0.5) is 11.4 Å². The van der Waals surface area contributed by atoms with Gasteiger partial charge in [0, 0.05) is 143 Å². The number of carbonyl (C=O) groups is 4. The van der Waals surface area contributed by atoms with Gasteiger partial charge in [-0.2, -0.15) is 0 Å². The highest BCUT2D eigenvalue weighted by atomic mass is 16.7. The number of hydrogen-bond donors (Lipinski definition) is 0. The van der Waals surface area contributed by atoms with Gasteiger partial charge in [-0.15, -0.1) is 0 Å². The third kappa shape index (κ3) is 10.8. The van der Waals surface area contributed by atoms with Crippen LogP contribution in [0.1, 0.15) is 34.6 Å². The second-order valence-electron chi connectivity index (χ2n) is 18.9. The van der Waals surface area contributed by atoms with Crippen LogP contribution in [0.25, 0.3) is 55.7 Å². The Bertz CT molecular complexity index is 2900. The van der Waals surface area contributed by atoms with Crippen molar-refractivity contribution in [1.29, 1.82) is 0 Å². The minimum Gasteiger partial charge on any atom is -0.463 e. The minimum absolute atomic E-state index is 0.0251. The molecule has 0 amide bonds. The highest BCUT2D eigenvalue weighted by molar-refractivity contribution is 6.09. The number of aromatic nitrogens is 3. The molecule has 0 unspecified atom stereocenters. The van der Waals surface area contributed by atoms with E-state index in [4.69, 9.17) is 33.4 Å². The molecule has 2 aromatic heterocycles. The molecule has 3 saturated heterocycles. The zero-order valence-corrected chi connectivity index (χ0v) is 42.2. The third-order valence-corrected chi connectivity index (χ3v) is 13.9. The van der Waals surface area contributed by atoms with Crippen molar-refractivity contribution >= 4 is 57.1 Å². The van der Waals surface area contributed by atoms with Crippen molar-refractivity contribution in [3.63, 3.8) is 0 Å². The third-order valence-electron chi connectivity index (χ3n) is 13.9. The summed E-state index contributed by atoms with van der Waals surface area (Å²) in [4.78, 5) is 65.0. The lowest BCUT2D eigenvalue weighted by atomic mass is 9.98. The Balaban J connectivity index is 1.16. The van der Waals surface area contributed by atoms with Crippen LogP contribution in [0.3, 0.4) is 0 Å². The number of rotatable bonds is 15. The normalized spacial score (nSPS) is 21.0. The highest BCUT2D eigenvalue weighted by Crippen LogP contribution is 2.40. The summed E-state index contributed by atoms with van der Waals surface area (Å²) in [6, 6.07) is 32.3. The first-order valence-electron chi connectivity index (χ1n) is 24.9. The Hall–Kier alpha value is -6.79. The minimum atomic E-state index is -1.37. The summed E-state index contributed by atoms with van der Waals surface area (Å²) in [6.07, 6.45) is -6.57. The fourth-order valence-corrected chi connectivity index (χ4v) is 10.3. The zero-order valence-electron chi connectivity index (χ0n) is 42.2. The van der Waals surface area contributed by atoms with Crippen LogP contribution in [0.2, 0.25) is 0 Å². The van der Waals surface area contributed by atoms with Gasteiger partial charge < -0.3 is 57.2 Å². The number of fused-ring (bicyclic) bond motifs is 3. The molecule has 3 aliphatic rings. The van der Waals surface area contributed by atoms with Gasteiger partial charge in [-0.1, -0.05) is 42.5 Å². The molecular formula is C55H65N7O10. The van der Waals surface area contributed by atoms with Gasteiger partial charge >= 0.3 is 23.9 Å². The summed E-state index contributed by atoms with van der Waals surface area (Å²) in [7, 11) is 4.31. The van der Waals surface area contributed by atoms with Gasteiger partial charge in [0.2, 0.25) is 0 Å². The standard InChI is InChI=1S/C55H65N7O10/c1-8-61-46-12-10-9-11-44(46)45-33-41(17-22-47(45)61)54-56-49(39-13-18-42(19-14-39)59-27-23-57(6)24-28-59)50(40-15-20-43(21-16-40)60-29-25-58(7)26-30-60)62(54)31-32-67-55-53(71-38(5)66)52(70-37(4)65)51(69-36(3)64)48(72-55)34-68-35(2)63/h9-22,33,48,51-53,55H,8,23-32,34H2,1-7H3/t48-,51+,52+,53-,55-/m1/s1. The van der Waals surface area contributed by atoms with Gasteiger partial charge in [0.15, 0.2) is 24.6 Å². The molecule has 6 aromatic rings. The lowest BCUT2D eigenvalue weighted by Gasteiger charge is -2.44. The molecule has 72 heavy (non-hydrogen) atoms. The summed E-state index contributed by atoms with van der Waals surface area (Å²) in [6.45, 7) is 15.3. The van der Waals surface area contributed by atoms with Crippen LogP contribution < -0.4 is 9.80 Å². The number of aryl methyl sites for hydroxylation is 1. The summed E-state index contributed by atoms with van der Waals surface area (Å²) >= 11 is 0. The number of ether oxygens (including phenoxy) is 6. The van der Waals surface area contributed by atoms with Gasteiger partial charge in [0.25, 0.3) is 0 Å². The van der Waals surface area contributed by atoms with E-state index in [1.165, 1.54) is 27.7 Å². The van der Waals surface area contributed by atoms with Crippen molar-refractivity contribution in [3.05, 3.63) is 91.0 Å². The highest BCUT2D eigenvalue weighted by Gasteiger charge is 2.53. The Morgan fingerprint density at radius 3 is 1.72 bits per heavy atom. The number of hydrogen-bond acceptors (Lipinski definition) is 15. The maximum absolute atomic E-state index is 12.7. The molecular weight excluding hydrogens is 919 g/mol. The van der Waals surface area contributed by atoms with Crippen LogP contribution in [0.5, 0.6) is 0 Å². The molecule has 5 atom stereocenters. The van der Waals surface area contributed by atoms with E-state index in [0.717, 1.165) is 120 Å².